The Balaban J connectivity index is 1.86. The van der Waals surface area contributed by atoms with Crippen molar-refractivity contribution in [2.75, 3.05) is 13.7 Å². The topological polar surface area (TPSA) is 115 Å². The molecular weight excluding hydrogens is 496 g/mol. The SMILES string of the molecule is COC(=O)[C@@H]1CCCN(C(=O)[C@H](Cc2cc(F)cc(B3OC(C)(C)C(C)(C)O3)c2)NC(=O)OC(C)(C)C)N1. The molecule has 0 radical (unpaired) electrons. The predicted molar refractivity (Wildman–Crippen MR) is 139 cm³/mol. The third-order valence-electron chi connectivity index (χ3n) is 6.87. The summed E-state index contributed by atoms with van der Waals surface area (Å²) >= 11 is 0. The number of methoxy groups -OCH3 is 1. The molecule has 38 heavy (non-hydrogen) atoms. The van der Waals surface area contributed by atoms with Gasteiger partial charge in [-0.05, 0) is 84.5 Å². The van der Waals surface area contributed by atoms with E-state index in [0.717, 1.165) is 0 Å². The minimum Gasteiger partial charge on any atom is -0.468 e. The molecular formula is C26H39BFN3O7. The van der Waals surface area contributed by atoms with Crippen LogP contribution in [0.1, 0.15) is 66.9 Å². The maximum Gasteiger partial charge on any atom is 0.494 e. The lowest BCUT2D eigenvalue weighted by Crippen LogP contribution is -2.60. The number of amides is 2. The first-order chi connectivity index (χ1) is 17.5. The fourth-order valence-electron chi connectivity index (χ4n) is 4.24. The second kappa shape index (κ2) is 11.2. The highest BCUT2D eigenvalue weighted by atomic mass is 19.1. The Morgan fingerprint density at radius 1 is 1.18 bits per heavy atom. The van der Waals surface area contributed by atoms with E-state index in [-0.39, 0.29) is 6.42 Å². The number of alkyl carbamates (subject to hydrolysis) is 1. The van der Waals surface area contributed by atoms with E-state index in [1.165, 1.54) is 24.3 Å². The van der Waals surface area contributed by atoms with E-state index >= 15 is 0 Å². The molecule has 2 aliphatic rings. The third kappa shape index (κ3) is 7.24. The summed E-state index contributed by atoms with van der Waals surface area (Å²) in [6.07, 6.45) is 0.231. The molecule has 0 unspecified atom stereocenters. The summed E-state index contributed by atoms with van der Waals surface area (Å²) in [6.45, 7) is 13.1. The van der Waals surface area contributed by atoms with Gasteiger partial charge in [-0.3, -0.25) is 14.6 Å². The number of hydrogen-bond donors (Lipinski definition) is 2. The van der Waals surface area contributed by atoms with Gasteiger partial charge in [-0.1, -0.05) is 6.07 Å². The van der Waals surface area contributed by atoms with Gasteiger partial charge in [0.15, 0.2) is 0 Å². The van der Waals surface area contributed by atoms with Crippen molar-refractivity contribution in [3.8, 4) is 0 Å². The minimum absolute atomic E-state index is 0.0383. The number of halogens is 1. The molecule has 12 heteroatoms. The third-order valence-corrected chi connectivity index (χ3v) is 6.87. The largest absolute Gasteiger partial charge is 0.494 e. The van der Waals surface area contributed by atoms with Crippen molar-refractivity contribution in [3.05, 3.63) is 29.6 Å². The molecule has 2 heterocycles. The first kappa shape index (κ1) is 29.9. The number of rotatable bonds is 6. The van der Waals surface area contributed by atoms with Gasteiger partial charge >= 0.3 is 19.2 Å². The molecule has 0 aliphatic carbocycles. The van der Waals surface area contributed by atoms with Crippen LogP contribution in [0.25, 0.3) is 0 Å². The fourth-order valence-corrected chi connectivity index (χ4v) is 4.24. The van der Waals surface area contributed by atoms with Crippen molar-refractivity contribution in [2.24, 2.45) is 0 Å². The molecule has 210 valence electrons. The summed E-state index contributed by atoms with van der Waals surface area (Å²) in [6, 6.07) is 2.53. The van der Waals surface area contributed by atoms with E-state index in [9.17, 15) is 18.8 Å². The normalized spacial score (nSPS) is 21.6. The van der Waals surface area contributed by atoms with Gasteiger partial charge in [-0.25, -0.2) is 14.6 Å². The van der Waals surface area contributed by atoms with Crippen molar-refractivity contribution in [3.63, 3.8) is 0 Å². The monoisotopic (exact) mass is 535 g/mol. The van der Waals surface area contributed by atoms with Crippen LogP contribution in [0.3, 0.4) is 0 Å². The van der Waals surface area contributed by atoms with Crippen LogP contribution < -0.4 is 16.2 Å². The number of carbonyl (C=O) groups is 3. The van der Waals surface area contributed by atoms with Gasteiger partial charge in [0.1, 0.15) is 23.5 Å². The molecule has 1 aromatic rings. The second-order valence-electron chi connectivity index (χ2n) is 11.7. The summed E-state index contributed by atoms with van der Waals surface area (Å²) in [7, 11) is 0.478. The second-order valence-corrected chi connectivity index (χ2v) is 11.7. The van der Waals surface area contributed by atoms with Crippen LogP contribution >= 0.6 is 0 Å². The number of benzene rings is 1. The van der Waals surface area contributed by atoms with Crippen LogP contribution in [0, 0.1) is 5.82 Å². The standard InChI is InChI=1S/C26H39BFN3O7/c1-24(2,3)36-23(34)29-20(21(32)31-11-9-10-19(30-31)22(33)35-8)14-16-12-17(15-18(28)13-16)27-37-25(4,5)26(6,7)38-27/h12-13,15,19-20,30H,9-11,14H2,1-8H3,(H,29,34)/t19-,20-/m0/s1. The van der Waals surface area contributed by atoms with Gasteiger partial charge in [0, 0.05) is 13.0 Å². The molecule has 0 aromatic heterocycles. The number of ether oxygens (including phenoxy) is 2. The highest BCUT2D eigenvalue weighted by Gasteiger charge is 2.51. The highest BCUT2D eigenvalue weighted by molar-refractivity contribution is 6.62. The van der Waals surface area contributed by atoms with E-state index in [1.54, 1.807) is 26.8 Å². The molecule has 2 fully saturated rings. The maximum absolute atomic E-state index is 14.8. The molecule has 10 nitrogen and oxygen atoms in total. The molecule has 0 saturated carbocycles. The minimum atomic E-state index is -1.11. The number of carbonyl (C=O) groups excluding carboxylic acids is 3. The van der Waals surface area contributed by atoms with Crippen LogP contribution in [0.2, 0.25) is 0 Å². The molecule has 2 saturated heterocycles. The summed E-state index contributed by atoms with van der Waals surface area (Å²) in [5.74, 6) is -1.51. The fraction of sp³-hybridized carbons (Fsp3) is 0.654. The van der Waals surface area contributed by atoms with E-state index in [4.69, 9.17) is 18.8 Å². The lowest BCUT2D eigenvalue weighted by atomic mass is 9.78. The van der Waals surface area contributed by atoms with Crippen LogP contribution in [0.15, 0.2) is 18.2 Å². The van der Waals surface area contributed by atoms with Crippen molar-refractivity contribution < 1.29 is 37.6 Å². The Hall–Kier alpha value is -2.70. The summed E-state index contributed by atoms with van der Waals surface area (Å²) < 4.78 is 37.1. The van der Waals surface area contributed by atoms with Gasteiger partial charge in [0.05, 0.1) is 18.3 Å². The van der Waals surface area contributed by atoms with Crippen molar-refractivity contribution in [1.82, 2.24) is 15.8 Å². The molecule has 3 rings (SSSR count). The summed E-state index contributed by atoms with van der Waals surface area (Å²) in [5, 5.41) is 3.91. The van der Waals surface area contributed by atoms with Crippen molar-refractivity contribution >= 4 is 30.6 Å². The average molecular weight is 535 g/mol. The molecule has 2 aliphatic heterocycles. The highest BCUT2D eigenvalue weighted by Crippen LogP contribution is 2.36. The lowest BCUT2D eigenvalue weighted by molar-refractivity contribution is -0.150. The molecule has 2 N–H and O–H groups in total. The molecule has 0 bridgehead atoms. The number of hydrogen-bond acceptors (Lipinski definition) is 8. The van der Waals surface area contributed by atoms with E-state index in [0.29, 0.717) is 30.4 Å². The number of nitrogens with zero attached hydrogens (tertiary/aromatic N) is 1. The number of nitrogens with one attached hydrogen (secondary N) is 2. The Morgan fingerprint density at radius 3 is 2.39 bits per heavy atom. The maximum atomic E-state index is 14.8. The van der Waals surface area contributed by atoms with Crippen LogP contribution in [0.5, 0.6) is 0 Å². The quantitative estimate of drug-likeness (QED) is 0.421. The lowest BCUT2D eigenvalue weighted by Gasteiger charge is -2.35. The van der Waals surface area contributed by atoms with Crippen LogP contribution in [0.4, 0.5) is 9.18 Å². The zero-order valence-electron chi connectivity index (χ0n) is 23.5. The van der Waals surface area contributed by atoms with Gasteiger partial charge in [0.2, 0.25) is 0 Å². The zero-order valence-corrected chi connectivity index (χ0v) is 23.5. The number of hydrazine groups is 1. The predicted octanol–water partition coefficient (Wildman–Crippen LogP) is 2.23. The van der Waals surface area contributed by atoms with Crippen molar-refractivity contribution in [1.29, 1.82) is 0 Å². The molecule has 1 aromatic carbocycles. The summed E-state index contributed by atoms with van der Waals surface area (Å²) in [5.41, 5.74) is 1.77. The van der Waals surface area contributed by atoms with E-state index in [2.05, 4.69) is 10.7 Å². The average Bonchev–Trinajstić information content (AvgIpc) is 3.03. The number of esters is 1. The van der Waals surface area contributed by atoms with Gasteiger partial charge in [0.25, 0.3) is 5.91 Å². The first-order valence-electron chi connectivity index (χ1n) is 12.8. The van der Waals surface area contributed by atoms with Gasteiger partial charge in [-0.15, -0.1) is 0 Å². The Kier molecular flexibility index (Phi) is 8.79. The molecule has 2 amide bonds. The van der Waals surface area contributed by atoms with Crippen LogP contribution in [-0.4, -0.2) is 72.6 Å². The Labute approximate surface area is 224 Å². The van der Waals surface area contributed by atoms with Gasteiger partial charge < -0.3 is 24.1 Å². The smallest absolute Gasteiger partial charge is 0.468 e. The zero-order chi connectivity index (χ0) is 28.5. The Morgan fingerprint density at radius 2 is 1.82 bits per heavy atom. The Bertz CT molecular complexity index is 1040. The van der Waals surface area contributed by atoms with Crippen molar-refractivity contribution in [2.45, 2.75) is 96.6 Å². The van der Waals surface area contributed by atoms with Crippen LogP contribution in [-0.2, 0) is 34.8 Å². The molecule has 0 spiro atoms. The van der Waals surface area contributed by atoms with E-state index < -0.39 is 59.8 Å². The first-order valence-corrected chi connectivity index (χ1v) is 12.8. The molecule has 2 atom stereocenters. The van der Waals surface area contributed by atoms with Gasteiger partial charge in [-0.2, -0.15) is 0 Å². The van der Waals surface area contributed by atoms with E-state index in [1.807, 2.05) is 27.7 Å². The summed E-state index contributed by atoms with van der Waals surface area (Å²) in [4.78, 5) is 38.2.